The van der Waals surface area contributed by atoms with Crippen LogP contribution in [0.15, 0.2) is 35.0 Å². The van der Waals surface area contributed by atoms with Gasteiger partial charge in [-0.1, -0.05) is 28.4 Å². The molecule has 8 nitrogen and oxygen atoms in total. The Bertz CT molecular complexity index is 1370. The molecule has 37 heavy (non-hydrogen) atoms. The zero-order valence-corrected chi connectivity index (χ0v) is 21.8. The molecule has 0 radical (unpaired) electrons. The van der Waals surface area contributed by atoms with Crippen LogP contribution < -0.4 is 15.4 Å². The minimum atomic E-state index is -1.07. The summed E-state index contributed by atoms with van der Waals surface area (Å²) in [6.07, 6.45) is 4.45. The summed E-state index contributed by atoms with van der Waals surface area (Å²) in [5, 5.41) is 10.0. The van der Waals surface area contributed by atoms with Crippen molar-refractivity contribution in [1.82, 2.24) is 20.8 Å². The Labute approximate surface area is 222 Å². The molecule has 194 valence electrons. The van der Waals surface area contributed by atoms with Gasteiger partial charge in [0.1, 0.15) is 22.9 Å². The van der Waals surface area contributed by atoms with Crippen LogP contribution in [-0.2, 0) is 4.79 Å². The maximum atomic E-state index is 15.2. The van der Waals surface area contributed by atoms with Gasteiger partial charge in [0, 0.05) is 34.3 Å². The molecule has 0 unspecified atom stereocenters. The number of carbonyl (C=O) groups is 2. The lowest BCUT2D eigenvalue weighted by Gasteiger charge is -2.21. The van der Waals surface area contributed by atoms with Crippen LogP contribution in [0.2, 0.25) is 10.0 Å². The summed E-state index contributed by atoms with van der Waals surface area (Å²) in [5.74, 6) is -0.116. The smallest absolute Gasteiger partial charge is 0.274 e. The van der Waals surface area contributed by atoms with Crippen molar-refractivity contribution in [2.24, 2.45) is 0 Å². The Morgan fingerprint density at radius 3 is 2.65 bits per heavy atom. The third-order valence-electron chi connectivity index (χ3n) is 6.51. The zero-order chi connectivity index (χ0) is 26.3. The minimum Gasteiger partial charge on any atom is -0.492 e. The van der Waals surface area contributed by atoms with Gasteiger partial charge in [-0.3, -0.25) is 14.6 Å². The van der Waals surface area contributed by atoms with Gasteiger partial charge in [-0.2, -0.15) is 0 Å². The van der Waals surface area contributed by atoms with Crippen molar-refractivity contribution in [2.45, 2.75) is 57.0 Å². The number of hydrogen-bond acceptors (Lipinski definition) is 6. The Morgan fingerprint density at radius 2 is 2.00 bits per heavy atom. The summed E-state index contributed by atoms with van der Waals surface area (Å²) in [4.78, 5) is 29.9. The predicted octanol–water partition coefficient (Wildman–Crippen LogP) is 5.60. The Morgan fingerprint density at radius 1 is 1.24 bits per heavy atom. The van der Waals surface area contributed by atoms with Crippen molar-refractivity contribution in [3.63, 3.8) is 0 Å². The number of hydrogen-bond donors (Lipinski definition) is 2. The number of benzene rings is 1. The summed E-state index contributed by atoms with van der Waals surface area (Å²) in [7, 11) is 0. The van der Waals surface area contributed by atoms with Crippen LogP contribution in [0.25, 0.3) is 11.1 Å². The topological polar surface area (TPSA) is 106 Å². The predicted molar refractivity (Wildman–Crippen MR) is 135 cm³/mol. The Hall–Kier alpha value is -3.17. The number of ether oxygens (including phenoxy) is 1. The average Bonchev–Trinajstić information content (AvgIpc) is 3.79. The van der Waals surface area contributed by atoms with Gasteiger partial charge < -0.3 is 19.9 Å². The number of pyridine rings is 1. The van der Waals surface area contributed by atoms with Crippen molar-refractivity contribution in [2.75, 3.05) is 6.61 Å². The number of nitrogens with one attached hydrogen (secondary N) is 2. The lowest BCUT2D eigenvalue weighted by atomic mass is 10.0. The molecule has 2 aromatic heterocycles. The normalized spacial score (nSPS) is 16.7. The molecular formula is C26H25Cl2FN4O4. The summed E-state index contributed by atoms with van der Waals surface area (Å²) in [6, 6.07) is 5.34. The average molecular weight is 547 g/mol. The van der Waals surface area contributed by atoms with Crippen LogP contribution in [0.5, 0.6) is 5.75 Å². The zero-order valence-electron chi connectivity index (χ0n) is 20.2. The standard InChI is InChI=1S/C26H25Cl2FN4O4/c1-3-36-23-17(9-16(27)10-18(23)28)15-8-19(29)22(30-12-15)13(2)31-25(35)26(6-7-26)32-24(34)20-11-21(37-33-20)14-4-5-14/h8-14H,3-7H2,1-2H3,(H,31,35)(H,32,34)/t13-/m1/s1. The molecule has 1 atom stereocenters. The molecule has 11 heteroatoms. The van der Waals surface area contributed by atoms with Crippen molar-refractivity contribution < 1.29 is 23.2 Å². The van der Waals surface area contributed by atoms with Gasteiger partial charge in [-0.05, 0) is 57.7 Å². The number of carbonyl (C=O) groups excluding carboxylic acids is 2. The van der Waals surface area contributed by atoms with E-state index in [1.54, 1.807) is 25.1 Å². The molecule has 2 fully saturated rings. The molecule has 0 saturated heterocycles. The van der Waals surface area contributed by atoms with E-state index in [-0.39, 0.29) is 11.4 Å². The second-order valence-corrected chi connectivity index (χ2v) is 10.3. The van der Waals surface area contributed by atoms with Crippen LogP contribution in [0.4, 0.5) is 4.39 Å². The molecule has 2 saturated carbocycles. The van der Waals surface area contributed by atoms with Crippen LogP contribution in [-0.4, -0.2) is 34.1 Å². The third kappa shape index (κ3) is 5.29. The van der Waals surface area contributed by atoms with Gasteiger partial charge in [-0.15, -0.1) is 0 Å². The lowest BCUT2D eigenvalue weighted by molar-refractivity contribution is -0.124. The molecule has 3 aromatic rings. The fraction of sp³-hybridized carbons (Fsp3) is 0.385. The minimum absolute atomic E-state index is 0.0517. The highest BCUT2D eigenvalue weighted by Gasteiger charge is 2.52. The highest BCUT2D eigenvalue weighted by molar-refractivity contribution is 6.36. The first kappa shape index (κ1) is 25.5. The molecule has 5 rings (SSSR count). The van der Waals surface area contributed by atoms with Crippen molar-refractivity contribution in [3.05, 3.63) is 63.5 Å². The molecular weight excluding hydrogens is 522 g/mol. The molecule has 2 heterocycles. The van der Waals surface area contributed by atoms with E-state index in [1.807, 2.05) is 6.92 Å². The molecule has 0 spiro atoms. The molecule has 1 aromatic carbocycles. The third-order valence-corrected chi connectivity index (χ3v) is 7.01. The molecule has 0 aliphatic heterocycles. The van der Waals surface area contributed by atoms with E-state index in [0.717, 1.165) is 12.8 Å². The number of halogens is 3. The Kier molecular flexibility index (Phi) is 6.85. The van der Waals surface area contributed by atoms with Gasteiger partial charge in [0.25, 0.3) is 5.91 Å². The first-order valence-corrected chi connectivity index (χ1v) is 12.8. The van der Waals surface area contributed by atoms with E-state index in [0.29, 0.717) is 58.0 Å². The quantitative estimate of drug-likeness (QED) is 0.362. The molecule has 0 bridgehead atoms. The van der Waals surface area contributed by atoms with Gasteiger partial charge in [-0.25, -0.2) is 4.39 Å². The van der Waals surface area contributed by atoms with Gasteiger partial charge in [0.2, 0.25) is 5.91 Å². The molecule has 2 aliphatic rings. The first-order valence-electron chi connectivity index (χ1n) is 12.1. The van der Waals surface area contributed by atoms with Crippen LogP contribution in [0.3, 0.4) is 0 Å². The van der Waals surface area contributed by atoms with Crippen molar-refractivity contribution >= 4 is 35.0 Å². The van der Waals surface area contributed by atoms with Crippen molar-refractivity contribution in [3.8, 4) is 16.9 Å². The number of aromatic nitrogens is 2. The largest absolute Gasteiger partial charge is 0.492 e. The van der Waals surface area contributed by atoms with E-state index in [4.69, 9.17) is 32.5 Å². The SMILES string of the molecule is CCOc1c(Cl)cc(Cl)cc1-c1cnc([C@@H](C)NC(=O)C2(NC(=O)c3cc(C4CC4)on3)CC2)c(F)c1. The van der Waals surface area contributed by atoms with Crippen LogP contribution in [0, 0.1) is 5.82 Å². The number of nitrogens with zero attached hydrogens (tertiary/aromatic N) is 2. The van der Waals surface area contributed by atoms with Gasteiger partial charge >= 0.3 is 0 Å². The van der Waals surface area contributed by atoms with E-state index in [2.05, 4.69) is 20.8 Å². The van der Waals surface area contributed by atoms with Crippen molar-refractivity contribution in [1.29, 1.82) is 0 Å². The summed E-state index contributed by atoms with van der Waals surface area (Å²) < 4.78 is 26.0. The lowest BCUT2D eigenvalue weighted by Crippen LogP contribution is -2.49. The highest BCUT2D eigenvalue weighted by atomic mass is 35.5. The fourth-order valence-electron chi connectivity index (χ4n) is 4.16. The fourth-order valence-corrected chi connectivity index (χ4v) is 4.70. The van der Waals surface area contributed by atoms with E-state index < -0.39 is 29.2 Å². The summed E-state index contributed by atoms with van der Waals surface area (Å²) in [6.45, 7) is 3.80. The summed E-state index contributed by atoms with van der Waals surface area (Å²) in [5.41, 5.74) is 0.0634. The highest BCUT2D eigenvalue weighted by Crippen LogP contribution is 2.41. The summed E-state index contributed by atoms with van der Waals surface area (Å²) >= 11 is 12.4. The monoisotopic (exact) mass is 546 g/mol. The second-order valence-electron chi connectivity index (χ2n) is 9.41. The van der Waals surface area contributed by atoms with E-state index >= 15 is 4.39 Å². The first-order chi connectivity index (χ1) is 17.7. The maximum absolute atomic E-state index is 15.2. The van der Waals surface area contributed by atoms with Crippen LogP contribution in [0.1, 0.15) is 73.4 Å². The van der Waals surface area contributed by atoms with Gasteiger partial charge in [0.05, 0.1) is 23.4 Å². The van der Waals surface area contributed by atoms with E-state index in [9.17, 15) is 9.59 Å². The number of rotatable bonds is 9. The molecule has 2 amide bonds. The molecule has 2 N–H and O–H groups in total. The van der Waals surface area contributed by atoms with Gasteiger partial charge in [0.15, 0.2) is 5.69 Å². The van der Waals surface area contributed by atoms with Crippen LogP contribution >= 0.6 is 23.2 Å². The van der Waals surface area contributed by atoms with E-state index in [1.165, 1.54) is 12.3 Å². The maximum Gasteiger partial charge on any atom is 0.274 e. The number of amides is 2. The second kappa shape index (κ2) is 9.95. The Balaban J connectivity index is 1.28. The molecule has 2 aliphatic carbocycles.